The lowest BCUT2D eigenvalue weighted by Crippen LogP contribution is -2.52. The van der Waals surface area contributed by atoms with Gasteiger partial charge in [0.05, 0.1) is 10.6 Å². The highest BCUT2D eigenvalue weighted by atomic mass is 35.5. The minimum atomic E-state index is -0.916. The number of halogens is 1. The van der Waals surface area contributed by atoms with Gasteiger partial charge in [-0.2, -0.15) is 0 Å². The normalized spacial score (nSPS) is 21.7. The van der Waals surface area contributed by atoms with E-state index in [1.165, 1.54) is 0 Å². The second kappa shape index (κ2) is 4.66. The third-order valence-electron chi connectivity index (χ3n) is 5.77. The highest BCUT2D eigenvalue weighted by Crippen LogP contribution is 2.63. The standard InChI is InChI=1S/C17H23ClO2S/c1-9-10(14(19)20)8-11(18)13-12(9)15(2,3)16(4,5)17(6,7)21-13/h8H,1-7H3,(H,19,20). The van der Waals surface area contributed by atoms with Gasteiger partial charge in [0.15, 0.2) is 0 Å². The molecule has 0 fully saturated rings. The van der Waals surface area contributed by atoms with E-state index in [1.807, 2.05) is 6.92 Å². The van der Waals surface area contributed by atoms with Crippen LogP contribution < -0.4 is 0 Å². The quantitative estimate of drug-likeness (QED) is 0.736. The molecule has 21 heavy (non-hydrogen) atoms. The van der Waals surface area contributed by atoms with Crippen molar-refractivity contribution < 1.29 is 9.90 Å². The second-order valence-electron chi connectivity index (χ2n) is 7.40. The van der Waals surface area contributed by atoms with E-state index in [-0.39, 0.29) is 15.6 Å². The predicted octanol–water partition coefficient (Wildman–Crippen LogP) is 5.53. The molecule has 1 aliphatic heterocycles. The second-order valence-corrected chi connectivity index (χ2v) is 9.44. The number of carbonyl (C=O) groups is 1. The lowest BCUT2D eigenvalue weighted by atomic mass is 9.57. The van der Waals surface area contributed by atoms with Crippen LogP contribution in [-0.2, 0) is 5.41 Å². The summed E-state index contributed by atoms with van der Waals surface area (Å²) in [6.07, 6.45) is 0. The molecule has 116 valence electrons. The number of carboxylic acids is 1. The van der Waals surface area contributed by atoms with Crippen molar-refractivity contribution in [2.75, 3.05) is 0 Å². The van der Waals surface area contributed by atoms with Crippen LogP contribution in [0.1, 0.15) is 63.0 Å². The zero-order chi connectivity index (χ0) is 16.4. The summed E-state index contributed by atoms with van der Waals surface area (Å²) in [5.41, 5.74) is 2.05. The van der Waals surface area contributed by atoms with Gasteiger partial charge in [0.1, 0.15) is 0 Å². The van der Waals surface area contributed by atoms with Crippen molar-refractivity contribution in [3.63, 3.8) is 0 Å². The maximum atomic E-state index is 11.5. The first-order valence-corrected chi connectivity index (χ1v) is 8.30. The molecule has 1 aliphatic rings. The molecule has 0 saturated heterocycles. The predicted molar refractivity (Wildman–Crippen MR) is 89.9 cm³/mol. The molecule has 0 bridgehead atoms. The average Bonchev–Trinajstić information content (AvgIpc) is 2.30. The maximum absolute atomic E-state index is 11.5. The van der Waals surface area contributed by atoms with Gasteiger partial charge in [0.2, 0.25) is 0 Å². The van der Waals surface area contributed by atoms with Crippen LogP contribution in [-0.4, -0.2) is 15.8 Å². The van der Waals surface area contributed by atoms with Gasteiger partial charge in [-0.3, -0.25) is 0 Å². The van der Waals surface area contributed by atoms with Crippen molar-refractivity contribution in [3.8, 4) is 0 Å². The van der Waals surface area contributed by atoms with E-state index in [4.69, 9.17) is 11.6 Å². The van der Waals surface area contributed by atoms with Gasteiger partial charge in [-0.25, -0.2) is 4.79 Å². The van der Waals surface area contributed by atoms with Crippen LogP contribution in [0.3, 0.4) is 0 Å². The molecule has 1 aromatic carbocycles. The molecule has 0 saturated carbocycles. The average molecular weight is 327 g/mol. The van der Waals surface area contributed by atoms with Gasteiger partial charge >= 0.3 is 5.97 Å². The Kier molecular flexibility index (Phi) is 3.71. The van der Waals surface area contributed by atoms with E-state index in [0.717, 1.165) is 16.0 Å². The van der Waals surface area contributed by atoms with E-state index >= 15 is 0 Å². The number of aromatic carboxylic acids is 1. The third kappa shape index (κ3) is 2.12. The van der Waals surface area contributed by atoms with E-state index in [9.17, 15) is 9.90 Å². The number of rotatable bonds is 1. The van der Waals surface area contributed by atoms with Gasteiger partial charge in [-0.15, -0.1) is 11.8 Å². The summed E-state index contributed by atoms with van der Waals surface area (Å²) in [7, 11) is 0. The van der Waals surface area contributed by atoms with Gasteiger partial charge < -0.3 is 5.11 Å². The summed E-state index contributed by atoms with van der Waals surface area (Å²) in [6, 6.07) is 1.59. The molecule has 0 amide bonds. The Morgan fingerprint density at radius 1 is 1.19 bits per heavy atom. The number of hydrogen-bond donors (Lipinski definition) is 1. The Balaban J connectivity index is 2.89. The van der Waals surface area contributed by atoms with Crippen molar-refractivity contribution in [1.82, 2.24) is 0 Å². The first-order valence-electron chi connectivity index (χ1n) is 7.10. The van der Waals surface area contributed by atoms with Crippen molar-refractivity contribution in [2.45, 2.75) is 63.5 Å². The maximum Gasteiger partial charge on any atom is 0.336 e. The number of hydrogen-bond acceptors (Lipinski definition) is 2. The van der Waals surface area contributed by atoms with Crippen LogP contribution in [0, 0.1) is 12.3 Å². The highest BCUT2D eigenvalue weighted by molar-refractivity contribution is 8.01. The summed E-state index contributed by atoms with van der Waals surface area (Å²) < 4.78 is 0.00429. The number of carboxylic acid groups (broad SMARTS) is 1. The molecule has 0 aliphatic carbocycles. The van der Waals surface area contributed by atoms with Crippen molar-refractivity contribution >= 4 is 29.3 Å². The number of thioether (sulfide) groups is 1. The van der Waals surface area contributed by atoms with Gasteiger partial charge in [0.25, 0.3) is 0 Å². The van der Waals surface area contributed by atoms with Crippen LogP contribution in [0.4, 0.5) is 0 Å². The fourth-order valence-electron chi connectivity index (χ4n) is 3.25. The summed E-state index contributed by atoms with van der Waals surface area (Å²) >= 11 is 8.19. The third-order valence-corrected chi connectivity index (χ3v) is 7.83. The molecule has 1 aromatic rings. The summed E-state index contributed by atoms with van der Waals surface area (Å²) in [6.45, 7) is 15.3. The van der Waals surface area contributed by atoms with Crippen LogP contribution in [0.5, 0.6) is 0 Å². The van der Waals surface area contributed by atoms with E-state index < -0.39 is 5.97 Å². The van der Waals surface area contributed by atoms with Crippen LogP contribution in [0.15, 0.2) is 11.0 Å². The van der Waals surface area contributed by atoms with Gasteiger partial charge in [0, 0.05) is 9.64 Å². The first kappa shape index (κ1) is 16.7. The highest BCUT2D eigenvalue weighted by Gasteiger charge is 2.54. The Hall–Kier alpha value is -0.670. The summed E-state index contributed by atoms with van der Waals surface area (Å²) in [4.78, 5) is 12.5. The summed E-state index contributed by atoms with van der Waals surface area (Å²) in [5.74, 6) is -0.916. The molecule has 1 heterocycles. The number of fused-ring (bicyclic) bond motifs is 1. The Morgan fingerprint density at radius 3 is 2.19 bits per heavy atom. The van der Waals surface area contributed by atoms with Crippen LogP contribution in [0.2, 0.25) is 5.02 Å². The SMILES string of the molecule is Cc1c(C(=O)O)cc(Cl)c2c1C(C)(C)C(C)(C)C(C)(C)S2. The number of benzene rings is 1. The zero-order valence-electron chi connectivity index (χ0n) is 13.7. The Bertz CT molecular complexity index is 630. The monoisotopic (exact) mass is 326 g/mol. The fourth-order valence-corrected chi connectivity index (χ4v) is 5.25. The van der Waals surface area contributed by atoms with Crippen molar-refractivity contribution in [3.05, 3.63) is 27.8 Å². The molecule has 2 rings (SSSR count). The molecular formula is C17H23ClO2S. The van der Waals surface area contributed by atoms with Gasteiger partial charge in [-0.1, -0.05) is 39.3 Å². The smallest absolute Gasteiger partial charge is 0.336 e. The summed E-state index contributed by atoms with van der Waals surface area (Å²) in [5, 5.41) is 9.98. The molecule has 1 N–H and O–H groups in total. The molecule has 4 heteroatoms. The lowest BCUT2D eigenvalue weighted by molar-refractivity contribution is 0.0695. The van der Waals surface area contributed by atoms with Crippen LogP contribution >= 0.6 is 23.4 Å². The Labute approximate surface area is 136 Å². The largest absolute Gasteiger partial charge is 0.478 e. The fraction of sp³-hybridized carbons (Fsp3) is 0.588. The first-order chi connectivity index (χ1) is 9.34. The van der Waals surface area contributed by atoms with E-state index in [1.54, 1.807) is 17.8 Å². The lowest BCUT2D eigenvalue weighted by Gasteiger charge is -2.57. The molecule has 2 nitrogen and oxygen atoms in total. The molecular weight excluding hydrogens is 304 g/mol. The molecule has 0 spiro atoms. The van der Waals surface area contributed by atoms with Crippen molar-refractivity contribution in [1.29, 1.82) is 0 Å². The van der Waals surface area contributed by atoms with Gasteiger partial charge in [-0.05, 0) is 48.8 Å². The minimum Gasteiger partial charge on any atom is -0.478 e. The van der Waals surface area contributed by atoms with Crippen molar-refractivity contribution in [2.24, 2.45) is 5.41 Å². The van der Waals surface area contributed by atoms with Crippen LogP contribution in [0.25, 0.3) is 0 Å². The zero-order valence-corrected chi connectivity index (χ0v) is 15.3. The molecule has 0 atom stereocenters. The van der Waals surface area contributed by atoms with E-state index in [2.05, 4.69) is 41.5 Å². The van der Waals surface area contributed by atoms with E-state index in [0.29, 0.717) is 10.6 Å². The molecule has 0 aromatic heterocycles. The molecule has 0 radical (unpaired) electrons. The topological polar surface area (TPSA) is 37.3 Å². The Morgan fingerprint density at radius 2 is 1.71 bits per heavy atom. The molecule has 0 unspecified atom stereocenters. The minimum absolute atomic E-state index is 0.00429.